The number of hydrogen-bond acceptors (Lipinski definition) is 2. The van der Waals surface area contributed by atoms with Crippen molar-refractivity contribution in [2.45, 2.75) is 18.1 Å². The third kappa shape index (κ3) is 5.67. The number of urea groups is 1. The summed E-state index contributed by atoms with van der Waals surface area (Å²) < 4.78 is 68.0. The molecular weight excluding hydrogens is 465 g/mol. The number of nitrogens with one attached hydrogen (secondary N) is 2. The van der Waals surface area contributed by atoms with Gasteiger partial charge in [0.2, 0.25) is 0 Å². The van der Waals surface area contributed by atoms with E-state index in [1.807, 2.05) is 0 Å². The summed E-state index contributed by atoms with van der Waals surface area (Å²) in [5, 5.41) is 5.23. The van der Waals surface area contributed by atoms with Crippen molar-refractivity contribution in [2.75, 3.05) is 5.32 Å². The Morgan fingerprint density at radius 2 is 1.76 bits per heavy atom. The van der Waals surface area contributed by atoms with Crippen molar-refractivity contribution in [1.82, 2.24) is 10.3 Å². The molecule has 2 aromatic carbocycles. The molecule has 172 valence electrons. The fraction of sp³-hybridized carbons (Fsp3) is 0.130. The molecule has 0 saturated heterocycles. The highest BCUT2D eigenvalue weighted by molar-refractivity contribution is 6.30. The van der Waals surface area contributed by atoms with Gasteiger partial charge in [0.15, 0.2) is 0 Å². The number of halogens is 6. The standard InChI is InChI=1S/C23H17ClF5N3O/c1-2-8-22(20-7-6-16(24)13-30-20,14-9-15(23(27,28)29)11-18(26)10-14)32-21(33)31-19-5-3-4-17(25)12-19/h2-7,9-13H,1,8H2,(H2,31,32,33)/t22-/m0/s1. The Bertz CT molecular complexity index is 1170. The average molecular weight is 482 g/mol. The van der Waals surface area contributed by atoms with Crippen LogP contribution in [0.3, 0.4) is 0 Å². The number of carbonyl (C=O) groups excluding carboxylic acids is 1. The van der Waals surface area contributed by atoms with Crippen molar-refractivity contribution in [3.05, 3.63) is 107 Å². The predicted molar refractivity (Wildman–Crippen MR) is 115 cm³/mol. The van der Waals surface area contributed by atoms with Crippen LogP contribution in [-0.4, -0.2) is 11.0 Å². The molecule has 0 spiro atoms. The maximum absolute atomic E-state index is 14.3. The number of alkyl halides is 3. The molecule has 1 atom stereocenters. The van der Waals surface area contributed by atoms with E-state index in [1.54, 1.807) is 0 Å². The molecule has 1 aromatic heterocycles. The number of pyridine rings is 1. The Morgan fingerprint density at radius 3 is 2.36 bits per heavy atom. The lowest BCUT2D eigenvalue weighted by Crippen LogP contribution is -2.49. The van der Waals surface area contributed by atoms with Crippen LogP contribution in [0.5, 0.6) is 0 Å². The zero-order chi connectivity index (χ0) is 24.2. The van der Waals surface area contributed by atoms with Crippen LogP contribution in [0, 0.1) is 11.6 Å². The molecule has 0 radical (unpaired) electrons. The summed E-state index contributed by atoms with van der Waals surface area (Å²) in [5.74, 6) is -1.76. The highest BCUT2D eigenvalue weighted by atomic mass is 35.5. The monoisotopic (exact) mass is 481 g/mol. The Hall–Kier alpha value is -3.46. The van der Waals surface area contributed by atoms with E-state index in [9.17, 15) is 26.7 Å². The van der Waals surface area contributed by atoms with E-state index < -0.39 is 34.9 Å². The molecule has 2 amide bonds. The summed E-state index contributed by atoms with van der Waals surface area (Å²) in [6, 6.07) is 8.90. The molecule has 3 rings (SSSR count). The van der Waals surface area contributed by atoms with Crippen molar-refractivity contribution in [1.29, 1.82) is 0 Å². The number of nitrogens with zero attached hydrogens (tertiary/aromatic N) is 1. The number of rotatable bonds is 6. The minimum Gasteiger partial charge on any atom is -0.322 e. The molecule has 0 aliphatic heterocycles. The van der Waals surface area contributed by atoms with Crippen molar-refractivity contribution in [3.63, 3.8) is 0 Å². The van der Waals surface area contributed by atoms with Crippen molar-refractivity contribution >= 4 is 23.3 Å². The largest absolute Gasteiger partial charge is 0.416 e. The zero-order valence-corrected chi connectivity index (χ0v) is 17.6. The van der Waals surface area contributed by atoms with Gasteiger partial charge < -0.3 is 10.6 Å². The highest BCUT2D eigenvalue weighted by Gasteiger charge is 2.40. The number of amides is 2. The molecule has 4 nitrogen and oxygen atoms in total. The van der Waals surface area contributed by atoms with Crippen LogP contribution in [0.15, 0.2) is 73.4 Å². The van der Waals surface area contributed by atoms with E-state index >= 15 is 0 Å². The van der Waals surface area contributed by atoms with Gasteiger partial charge >= 0.3 is 12.2 Å². The van der Waals surface area contributed by atoms with Gasteiger partial charge in [0.25, 0.3) is 0 Å². The molecule has 0 fully saturated rings. The fourth-order valence-electron chi connectivity index (χ4n) is 3.32. The molecule has 0 unspecified atom stereocenters. The summed E-state index contributed by atoms with van der Waals surface area (Å²) in [6.07, 6.45) is -2.41. The molecule has 0 saturated carbocycles. The normalized spacial score (nSPS) is 13.2. The molecular formula is C23H17ClF5N3O. The molecule has 1 heterocycles. The zero-order valence-electron chi connectivity index (χ0n) is 16.9. The van der Waals surface area contributed by atoms with E-state index in [-0.39, 0.29) is 28.4 Å². The molecule has 3 aromatic rings. The Labute approximate surface area is 191 Å². The van der Waals surface area contributed by atoms with Crippen LogP contribution in [0.25, 0.3) is 0 Å². The van der Waals surface area contributed by atoms with Gasteiger partial charge in [-0.1, -0.05) is 23.7 Å². The van der Waals surface area contributed by atoms with Gasteiger partial charge in [-0.2, -0.15) is 13.2 Å². The van der Waals surface area contributed by atoms with Gasteiger partial charge in [-0.3, -0.25) is 4.98 Å². The van der Waals surface area contributed by atoms with Crippen LogP contribution in [0.4, 0.5) is 32.4 Å². The Kier molecular flexibility index (Phi) is 7.02. The first kappa shape index (κ1) is 24.2. The first-order chi connectivity index (χ1) is 15.5. The van der Waals surface area contributed by atoms with Gasteiger partial charge in [0.1, 0.15) is 17.2 Å². The number of aromatic nitrogens is 1. The SMILES string of the molecule is C=CC[C@](NC(=O)Nc1cccc(F)c1)(c1cc(F)cc(C(F)(F)F)c1)c1ccc(Cl)cn1. The van der Waals surface area contributed by atoms with E-state index in [1.165, 1.54) is 42.6 Å². The lowest BCUT2D eigenvalue weighted by Gasteiger charge is -2.34. The molecule has 0 aliphatic carbocycles. The lowest BCUT2D eigenvalue weighted by molar-refractivity contribution is -0.137. The quantitative estimate of drug-likeness (QED) is 0.305. The lowest BCUT2D eigenvalue weighted by atomic mass is 9.82. The Morgan fingerprint density at radius 1 is 1.03 bits per heavy atom. The highest BCUT2D eigenvalue weighted by Crippen LogP contribution is 2.38. The second kappa shape index (κ2) is 9.58. The van der Waals surface area contributed by atoms with Crippen LogP contribution < -0.4 is 10.6 Å². The summed E-state index contributed by atoms with van der Waals surface area (Å²) in [4.78, 5) is 17.0. The van der Waals surface area contributed by atoms with Gasteiger partial charge in [-0.25, -0.2) is 13.6 Å². The van der Waals surface area contributed by atoms with Crippen molar-refractivity contribution < 1.29 is 26.7 Å². The number of hydrogen-bond donors (Lipinski definition) is 2. The average Bonchev–Trinajstić information content (AvgIpc) is 2.73. The van der Waals surface area contributed by atoms with Gasteiger partial charge in [0, 0.05) is 11.9 Å². The predicted octanol–water partition coefficient (Wildman–Crippen LogP) is 6.67. The first-order valence-electron chi connectivity index (χ1n) is 9.49. The molecule has 2 N–H and O–H groups in total. The minimum atomic E-state index is -4.84. The maximum Gasteiger partial charge on any atom is 0.416 e. The van der Waals surface area contributed by atoms with Gasteiger partial charge in [-0.05, 0) is 60.5 Å². The smallest absolute Gasteiger partial charge is 0.322 e. The van der Waals surface area contributed by atoms with E-state index in [2.05, 4.69) is 22.2 Å². The van der Waals surface area contributed by atoms with Crippen LogP contribution in [-0.2, 0) is 11.7 Å². The molecule has 10 heteroatoms. The number of anilines is 1. The van der Waals surface area contributed by atoms with E-state index in [4.69, 9.17) is 11.6 Å². The fourth-order valence-corrected chi connectivity index (χ4v) is 3.44. The molecule has 0 bridgehead atoms. The van der Waals surface area contributed by atoms with Crippen LogP contribution in [0.1, 0.15) is 23.2 Å². The first-order valence-corrected chi connectivity index (χ1v) is 9.87. The van der Waals surface area contributed by atoms with Crippen molar-refractivity contribution in [2.24, 2.45) is 0 Å². The van der Waals surface area contributed by atoms with E-state index in [0.29, 0.717) is 6.07 Å². The topological polar surface area (TPSA) is 54.0 Å². The molecule has 33 heavy (non-hydrogen) atoms. The summed E-state index contributed by atoms with van der Waals surface area (Å²) >= 11 is 5.90. The second-order valence-electron chi connectivity index (χ2n) is 7.08. The number of carbonyl (C=O) groups is 1. The van der Waals surface area contributed by atoms with Crippen LogP contribution >= 0.6 is 11.6 Å². The van der Waals surface area contributed by atoms with Crippen LogP contribution in [0.2, 0.25) is 5.02 Å². The molecule has 0 aliphatic rings. The third-order valence-electron chi connectivity index (χ3n) is 4.74. The second-order valence-corrected chi connectivity index (χ2v) is 7.51. The Balaban J connectivity index is 2.15. The van der Waals surface area contributed by atoms with Gasteiger partial charge in [0.05, 0.1) is 16.3 Å². The minimum absolute atomic E-state index is 0.0833. The summed E-state index contributed by atoms with van der Waals surface area (Å²) in [7, 11) is 0. The van der Waals surface area contributed by atoms with Gasteiger partial charge in [-0.15, -0.1) is 6.58 Å². The van der Waals surface area contributed by atoms with E-state index in [0.717, 1.165) is 18.2 Å². The number of benzene rings is 2. The summed E-state index contributed by atoms with van der Waals surface area (Å²) in [6.45, 7) is 3.62. The third-order valence-corrected chi connectivity index (χ3v) is 4.97. The van der Waals surface area contributed by atoms with Crippen molar-refractivity contribution in [3.8, 4) is 0 Å². The summed E-state index contributed by atoms with van der Waals surface area (Å²) in [5.41, 5.74) is -3.04. The maximum atomic E-state index is 14.3.